The first kappa shape index (κ1) is 67.0. The van der Waals surface area contributed by atoms with E-state index in [1.165, 1.54) is 0 Å². The van der Waals surface area contributed by atoms with Crippen LogP contribution in [0.4, 0.5) is 0 Å². The lowest BCUT2D eigenvalue weighted by molar-refractivity contribution is 0.121. The highest BCUT2D eigenvalue weighted by molar-refractivity contribution is 6.75. The Kier molecular flexibility index (Phi) is 19.7. The van der Waals surface area contributed by atoms with Crippen molar-refractivity contribution in [1.82, 2.24) is 0 Å². The molecule has 10 heteroatoms. The van der Waals surface area contributed by atoms with Gasteiger partial charge in [0.2, 0.25) is 0 Å². The number of benzene rings is 8. The SMILES string of the molecule is CC[Si](CC)(CC)OC12C=CC(O[Si](CC)(CC)CC)(C=C1)c1ccc(cc1)-c1ccc3ccc(OC)c(c3c1)-c1c(OC)ccc3ccc(cc13)-c1ccc(cc1)C1(O[Si](CC)(CC)CC)C=CC(O[Si](CC)(CC)CC)(C=C1)c1ccc(cc1)-c1ccc2cc1. The van der Waals surface area contributed by atoms with E-state index in [0.717, 1.165) is 172 Å². The van der Waals surface area contributed by atoms with Crippen LogP contribution in [0.15, 0.2) is 206 Å². The van der Waals surface area contributed by atoms with Crippen LogP contribution in [0.2, 0.25) is 72.5 Å². The molecular weight excluding hydrogens is 1190 g/mol. The highest BCUT2D eigenvalue weighted by Crippen LogP contribution is 2.51. The van der Waals surface area contributed by atoms with E-state index in [1.807, 2.05) is 0 Å². The van der Waals surface area contributed by atoms with Gasteiger partial charge in [0.25, 0.3) is 0 Å². The predicted molar refractivity (Wildman–Crippen MR) is 399 cm³/mol. The lowest BCUT2D eigenvalue weighted by Gasteiger charge is -2.46. The minimum absolute atomic E-state index is 0.782. The third-order valence-corrected chi connectivity index (χ3v) is 41.1. The highest BCUT2D eigenvalue weighted by atomic mass is 28.4. The molecule has 92 heavy (non-hydrogen) atoms. The van der Waals surface area contributed by atoms with E-state index in [4.69, 9.17) is 27.2 Å². The zero-order chi connectivity index (χ0) is 65.2. The van der Waals surface area contributed by atoms with Crippen molar-refractivity contribution < 1.29 is 27.2 Å². The fourth-order valence-electron chi connectivity index (χ4n) is 15.3. The van der Waals surface area contributed by atoms with Crippen molar-refractivity contribution in [2.45, 2.75) is 178 Å². The van der Waals surface area contributed by atoms with Crippen LogP contribution < -0.4 is 9.47 Å². The van der Waals surface area contributed by atoms with Crippen molar-refractivity contribution in [3.05, 3.63) is 229 Å². The zero-order valence-electron chi connectivity index (χ0n) is 57.6. The second kappa shape index (κ2) is 27.1. The molecule has 16 bridgehead atoms. The summed E-state index contributed by atoms with van der Waals surface area (Å²) in [7, 11) is -5.36. The molecule has 0 spiro atoms. The molecule has 0 saturated carbocycles. The number of hydrogen-bond acceptors (Lipinski definition) is 6. The molecule has 0 amide bonds. The maximum Gasteiger partial charge on any atom is 0.194 e. The van der Waals surface area contributed by atoms with Crippen LogP contribution in [0.1, 0.15) is 105 Å². The summed E-state index contributed by atoms with van der Waals surface area (Å²) in [5, 5.41) is 4.39. The van der Waals surface area contributed by atoms with Crippen LogP contribution in [0, 0.1) is 0 Å². The van der Waals surface area contributed by atoms with E-state index in [1.54, 1.807) is 14.2 Å². The smallest absolute Gasteiger partial charge is 0.194 e. The molecular formula is C82H100O6Si4. The van der Waals surface area contributed by atoms with E-state index in [0.29, 0.717) is 0 Å². The average Bonchev–Trinajstić information content (AvgIpc) is 0.776. The van der Waals surface area contributed by atoms with Crippen LogP contribution in [0.25, 0.3) is 66.1 Å². The molecule has 0 saturated heterocycles. The molecule has 19 rings (SSSR count). The Balaban J connectivity index is 1.15. The first-order valence-electron chi connectivity index (χ1n) is 34.8. The molecule has 8 aromatic rings. The Bertz CT molecular complexity index is 3690. The molecule has 0 heterocycles. The maximum absolute atomic E-state index is 7.82. The van der Waals surface area contributed by atoms with Crippen LogP contribution in [-0.2, 0) is 40.1 Å². The number of rotatable bonds is 22. The molecule has 11 aliphatic rings. The molecule has 6 nitrogen and oxygen atoms in total. The third-order valence-electron chi connectivity index (χ3n) is 22.6. The first-order chi connectivity index (χ1) is 44.5. The van der Waals surface area contributed by atoms with Gasteiger partial charge in [-0.15, -0.1) is 0 Å². The standard InChI is InChI=1S/C82H100O6Si4/c1-15-89(16-2,17-3)85-79-51-55-81(56-52-79,87-91(21-7,22-8)23-9)71-45-35-63(36-46-71)67-29-27-65-39-49-75(83-13)77(73(65)59-67)78-74-60-68(30-28-66(74)40-50-76(78)84-14)64-37-47-72(48-38-64)82(88-92(24-10,25-11)26-12)57-53-80(54-58-82,86-90(18-4,19-5)20-6)70-43-33-62(34-44-70)61-31-41-69(79)42-32-61/h27-60H,15-26H2,1-14H3. The van der Waals surface area contributed by atoms with Crippen molar-refractivity contribution >= 4 is 54.8 Å². The summed E-state index contributed by atoms with van der Waals surface area (Å²) < 4.78 is 44.0. The van der Waals surface area contributed by atoms with Gasteiger partial charge in [0.05, 0.1) is 14.2 Å². The summed E-state index contributed by atoms with van der Waals surface area (Å²) in [5.74, 6) is 1.56. The van der Waals surface area contributed by atoms with Crippen molar-refractivity contribution in [3.63, 3.8) is 0 Å². The molecule has 0 atom stereocenters. The van der Waals surface area contributed by atoms with Crippen LogP contribution >= 0.6 is 0 Å². The van der Waals surface area contributed by atoms with Gasteiger partial charge in [0.15, 0.2) is 33.3 Å². The normalized spacial score (nSPS) is 20.3. The molecule has 0 fully saturated rings. The lowest BCUT2D eigenvalue weighted by Crippen LogP contribution is -2.48. The summed E-state index contributed by atoms with van der Waals surface area (Å²) in [5.41, 5.74) is 10.0. The fourth-order valence-corrected chi connectivity index (χ4v) is 26.9. The lowest BCUT2D eigenvalue weighted by atomic mass is 9.80. The van der Waals surface area contributed by atoms with Gasteiger partial charge in [-0.2, -0.15) is 0 Å². The van der Waals surface area contributed by atoms with Crippen molar-refractivity contribution in [1.29, 1.82) is 0 Å². The molecule has 0 aromatic heterocycles. The van der Waals surface area contributed by atoms with Gasteiger partial charge in [0, 0.05) is 11.1 Å². The highest BCUT2D eigenvalue weighted by Gasteiger charge is 2.48. The Labute approximate surface area is 555 Å². The van der Waals surface area contributed by atoms with Crippen LogP contribution in [-0.4, -0.2) is 47.5 Å². The van der Waals surface area contributed by atoms with E-state index < -0.39 is 55.7 Å². The second-order valence-corrected chi connectivity index (χ2v) is 45.1. The van der Waals surface area contributed by atoms with Crippen LogP contribution in [0.5, 0.6) is 11.5 Å². The molecule has 11 aliphatic carbocycles. The quantitative estimate of drug-likeness (QED) is 0.0498. The van der Waals surface area contributed by atoms with Gasteiger partial charge in [0.1, 0.15) is 33.9 Å². The van der Waals surface area contributed by atoms with E-state index in [2.05, 4.69) is 289 Å². The van der Waals surface area contributed by atoms with Crippen molar-refractivity contribution in [3.8, 4) is 56.0 Å². The van der Waals surface area contributed by atoms with E-state index in [9.17, 15) is 0 Å². The molecule has 0 N–H and O–H groups in total. The largest absolute Gasteiger partial charge is 0.496 e. The molecule has 8 aromatic carbocycles. The second-order valence-electron chi connectivity index (χ2n) is 26.4. The topological polar surface area (TPSA) is 55.4 Å². The summed E-state index contributed by atoms with van der Waals surface area (Å²) in [4.78, 5) is 0. The summed E-state index contributed by atoms with van der Waals surface area (Å²) in [6, 6.07) is 71.3. The van der Waals surface area contributed by atoms with Gasteiger partial charge in [-0.3, -0.25) is 0 Å². The van der Waals surface area contributed by atoms with Gasteiger partial charge in [-0.1, -0.05) is 217 Å². The minimum atomic E-state index is -2.23. The minimum Gasteiger partial charge on any atom is -0.496 e. The van der Waals surface area contributed by atoms with Gasteiger partial charge >= 0.3 is 0 Å². The fraction of sp³-hybridized carbons (Fsp3) is 0.366. The first-order valence-corrected chi connectivity index (χ1v) is 44.9. The number of fused-ring (bicyclic) bond motifs is 2. The molecule has 0 aliphatic heterocycles. The van der Waals surface area contributed by atoms with E-state index >= 15 is 0 Å². The number of hydrogen-bond donors (Lipinski definition) is 0. The molecule has 0 radical (unpaired) electrons. The van der Waals surface area contributed by atoms with Gasteiger partial charge in [-0.25, -0.2) is 0 Å². The predicted octanol–water partition coefficient (Wildman–Crippen LogP) is 23.5. The number of ether oxygens (including phenoxy) is 2. The summed E-state index contributed by atoms with van der Waals surface area (Å²) >= 11 is 0. The zero-order valence-corrected chi connectivity index (χ0v) is 61.6. The molecule has 0 unspecified atom stereocenters. The van der Waals surface area contributed by atoms with Crippen molar-refractivity contribution in [2.75, 3.05) is 14.2 Å². The summed E-state index contributed by atoms with van der Waals surface area (Å²) in [6.45, 7) is 27.9. The number of methoxy groups -OCH3 is 2. The Morgan fingerprint density at radius 1 is 0.250 bits per heavy atom. The average molecular weight is 1290 g/mol. The van der Waals surface area contributed by atoms with E-state index in [-0.39, 0.29) is 0 Å². The Hall–Kier alpha value is -6.45. The summed E-state index contributed by atoms with van der Waals surface area (Å²) in [6.07, 6.45) is 18.9. The monoisotopic (exact) mass is 1290 g/mol. The Morgan fingerprint density at radius 3 is 0.652 bits per heavy atom. The Morgan fingerprint density at radius 2 is 0.446 bits per heavy atom. The molecule has 480 valence electrons. The van der Waals surface area contributed by atoms with Gasteiger partial charge in [-0.05, 0) is 223 Å². The van der Waals surface area contributed by atoms with Crippen molar-refractivity contribution in [2.24, 2.45) is 0 Å². The van der Waals surface area contributed by atoms with Crippen LogP contribution in [0.3, 0.4) is 0 Å². The maximum atomic E-state index is 7.82. The third kappa shape index (κ3) is 12.0. The van der Waals surface area contributed by atoms with Gasteiger partial charge < -0.3 is 27.2 Å².